The Labute approximate surface area is 126 Å². The summed E-state index contributed by atoms with van der Waals surface area (Å²) in [6.07, 6.45) is 0.526. The van der Waals surface area contributed by atoms with Gasteiger partial charge in [-0.3, -0.25) is 14.5 Å². The van der Waals surface area contributed by atoms with E-state index >= 15 is 0 Å². The van der Waals surface area contributed by atoms with Gasteiger partial charge < -0.3 is 19.9 Å². The molecule has 2 saturated heterocycles. The number of morpholine rings is 1. The summed E-state index contributed by atoms with van der Waals surface area (Å²) in [6, 6.07) is 0. The Balaban J connectivity index is 1.70. The van der Waals surface area contributed by atoms with Gasteiger partial charge in [-0.15, -0.1) is 0 Å². The van der Waals surface area contributed by atoms with Gasteiger partial charge in [0.1, 0.15) is 0 Å². The molecule has 0 bridgehead atoms. The third-order valence-corrected chi connectivity index (χ3v) is 4.04. The molecule has 1 N–H and O–H groups in total. The van der Waals surface area contributed by atoms with Gasteiger partial charge in [0.15, 0.2) is 0 Å². The second kappa shape index (κ2) is 8.31. The van der Waals surface area contributed by atoms with Crippen LogP contribution in [0.15, 0.2) is 0 Å². The molecule has 0 radical (unpaired) electrons. The molecule has 0 aromatic carbocycles. The summed E-state index contributed by atoms with van der Waals surface area (Å²) in [5.74, 6) is 0.337. The Morgan fingerprint density at radius 2 is 1.52 bits per heavy atom. The minimum absolute atomic E-state index is 0.166. The van der Waals surface area contributed by atoms with Crippen LogP contribution in [-0.4, -0.2) is 99.1 Å². The van der Waals surface area contributed by atoms with Crippen LogP contribution < -0.4 is 5.32 Å². The number of hydrogen-bond donors (Lipinski definition) is 1. The molecular weight excluding hydrogens is 272 g/mol. The van der Waals surface area contributed by atoms with Gasteiger partial charge in [-0.1, -0.05) is 0 Å². The van der Waals surface area contributed by atoms with E-state index in [1.165, 1.54) is 0 Å². The predicted molar refractivity (Wildman–Crippen MR) is 79.0 cm³/mol. The molecule has 2 amide bonds. The van der Waals surface area contributed by atoms with Crippen LogP contribution in [0.3, 0.4) is 0 Å². The lowest BCUT2D eigenvalue weighted by Crippen LogP contribution is -2.53. The zero-order chi connectivity index (χ0) is 15.1. The number of carbonyl (C=O) groups is 2. The van der Waals surface area contributed by atoms with Crippen LogP contribution in [0.2, 0.25) is 0 Å². The highest BCUT2D eigenvalue weighted by Crippen LogP contribution is 2.06. The molecule has 2 rings (SSSR count). The summed E-state index contributed by atoms with van der Waals surface area (Å²) in [5.41, 5.74) is 0. The maximum absolute atomic E-state index is 12.2. The fraction of sp³-hybridized carbons (Fsp3) is 0.857. The Bertz CT molecular complexity index is 350. The highest BCUT2D eigenvalue weighted by Gasteiger charge is 2.25. The fourth-order valence-corrected chi connectivity index (χ4v) is 2.65. The molecule has 0 aromatic rings. The Morgan fingerprint density at radius 1 is 0.952 bits per heavy atom. The summed E-state index contributed by atoms with van der Waals surface area (Å²) < 4.78 is 5.28. The summed E-state index contributed by atoms with van der Waals surface area (Å²) in [7, 11) is 1.84. The van der Waals surface area contributed by atoms with Crippen molar-refractivity contribution in [1.82, 2.24) is 20.0 Å². The number of amides is 2. The molecule has 2 aliphatic heterocycles. The molecule has 0 aromatic heterocycles. The molecule has 7 heteroatoms. The summed E-state index contributed by atoms with van der Waals surface area (Å²) in [5, 5.41) is 2.98. The second-order valence-electron chi connectivity index (χ2n) is 5.50. The van der Waals surface area contributed by atoms with Crippen LogP contribution in [0, 0.1) is 0 Å². The quantitative estimate of drug-likeness (QED) is 0.676. The zero-order valence-electron chi connectivity index (χ0n) is 12.8. The van der Waals surface area contributed by atoms with Gasteiger partial charge >= 0.3 is 0 Å². The molecule has 7 nitrogen and oxygen atoms in total. The van der Waals surface area contributed by atoms with Crippen LogP contribution in [-0.2, 0) is 14.3 Å². The van der Waals surface area contributed by atoms with E-state index in [1.54, 1.807) is 0 Å². The highest BCUT2D eigenvalue weighted by molar-refractivity contribution is 5.79. The topological polar surface area (TPSA) is 65.1 Å². The molecular formula is C14H26N4O3. The number of ether oxygens (including phenoxy) is 1. The lowest BCUT2D eigenvalue weighted by atomic mass is 10.2. The minimum atomic E-state index is 0.166. The molecule has 0 aliphatic carbocycles. The molecule has 2 fully saturated rings. The van der Waals surface area contributed by atoms with Crippen LogP contribution in [0.5, 0.6) is 0 Å². The van der Waals surface area contributed by atoms with Crippen molar-refractivity contribution in [3.8, 4) is 0 Å². The van der Waals surface area contributed by atoms with E-state index < -0.39 is 0 Å². The van der Waals surface area contributed by atoms with E-state index in [-0.39, 0.29) is 11.8 Å². The number of rotatable bonds is 5. The number of carbonyl (C=O) groups excluding carboxylic acids is 2. The van der Waals surface area contributed by atoms with Gasteiger partial charge in [-0.05, 0) is 7.05 Å². The van der Waals surface area contributed by atoms with E-state index in [2.05, 4.69) is 10.2 Å². The summed E-state index contributed by atoms with van der Waals surface area (Å²) in [4.78, 5) is 30.0. The lowest BCUT2D eigenvalue weighted by Gasteiger charge is -2.36. The van der Waals surface area contributed by atoms with Crippen molar-refractivity contribution in [1.29, 1.82) is 0 Å². The third kappa shape index (κ3) is 4.94. The number of piperazine rings is 1. The van der Waals surface area contributed by atoms with Crippen molar-refractivity contribution in [3.05, 3.63) is 0 Å². The molecule has 0 atom stereocenters. The van der Waals surface area contributed by atoms with Crippen molar-refractivity contribution in [2.24, 2.45) is 0 Å². The van der Waals surface area contributed by atoms with Crippen molar-refractivity contribution >= 4 is 11.8 Å². The lowest BCUT2D eigenvalue weighted by molar-refractivity contribution is -0.140. The van der Waals surface area contributed by atoms with E-state index in [4.69, 9.17) is 4.74 Å². The van der Waals surface area contributed by atoms with Crippen LogP contribution in [0.25, 0.3) is 0 Å². The van der Waals surface area contributed by atoms with Crippen LogP contribution >= 0.6 is 0 Å². The minimum Gasteiger partial charge on any atom is -0.379 e. The van der Waals surface area contributed by atoms with Crippen molar-refractivity contribution in [2.75, 3.05) is 72.6 Å². The van der Waals surface area contributed by atoms with Crippen molar-refractivity contribution in [2.45, 2.75) is 6.42 Å². The fourth-order valence-electron chi connectivity index (χ4n) is 2.65. The smallest absolute Gasteiger partial charge is 0.236 e. The van der Waals surface area contributed by atoms with Crippen molar-refractivity contribution in [3.63, 3.8) is 0 Å². The molecule has 120 valence electrons. The molecule has 2 aliphatic rings. The number of nitrogens with one attached hydrogen (secondary N) is 1. The first-order valence-corrected chi connectivity index (χ1v) is 7.71. The molecule has 21 heavy (non-hydrogen) atoms. The van der Waals surface area contributed by atoms with Crippen LogP contribution in [0.1, 0.15) is 6.42 Å². The Morgan fingerprint density at radius 3 is 2.10 bits per heavy atom. The predicted octanol–water partition coefficient (Wildman–Crippen LogP) is -1.40. The van der Waals surface area contributed by atoms with E-state index in [1.807, 2.05) is 16.8 Å². The van der Waals surface area contributed by atoms with Crippen molar-refractivity contribution < 1.29 is 14.3 Å². The molecule has 2 heterocycles. The van der Waals surface area contributed by atoms with Crippen LogP contribution in [0.4, 0.5) is 0 Å². The van der Waals surface area contributed by atoms with Gasteiger partial charge in [0, 0.05) is 52.2 Å². The van der Waals surface area contributed by atoms with E-state index in [9.17, 15) is 9.59 Å². The largest absolute Gasteiger partial charge is 0.379 e. The van der Waals surface area contributed by atoms with Gasteiger partial charge in [0.05, 0.1) is 19.8 Å². The average Bonchev–Trinajstić information content (AvgIpc) is 2.53. The molecule has 0 unspecified atom stereocenters. The van der Waals surface area contributed by atoms with Gasteiger partial charge in [0.25, 0.3) is 0 Å². The highest BCUT2D eigenvalue weighted by atomic mass is 16.5. The molecule has 0 saturated carbocycles. The number of nitrogens with zero attached hydrogens (tertiary/aromatic N) is 3. The van der Waals surface area contributed by atoms with E-state index in [0.29, 0.717) is 58.9 Å². The second-order valence-corrected chi connectivity index (χ2v) is 5.50. The van der Waals surface area contributed by atoms with Gasteiger partial charge in [0.2, 0.25) is 11.8 Å². The standard InChI is InChI=1S/C14H26N4O3/c1-15-3-2-13(19)17-4-6-18(7-5-17)14(20)12-16-8-10-21-11-9-16/h15H,2-12H2,1H3. The third-order valence-electron chi connectivity index (χ3n) is 4.04. The van der Waals surface area contributed by atoms with Gasteiger partial charge in [-0.2, -0.15) is 0 Å². The monoisotopic (exact) mass is 298 g/mol. The maximum atomic E-state index is 12.2. The Kier molecular flexibility index (Phi) is 6.41. The Hall–Kier alpha value is -1.18. The normalized spacial score (nSPS) is 20.6. The zero-order valence-corrected chi connectivity index (χ0v) is 12.8. The first-order valence-electron chi connectivity index (χ1n) is 7.71. The first-order chi connectivity index (χ1) is 10.2. The summed E-state index contributed by atoms with van der Waals surface area (Å²) in [6.45, 7) is 6.84. The first kappa shape index (κ1) is 16.2. The van der Waals surface area contributed by atoms with Gasteiger partial charge in [-0.25, -0.2) is 0 Å². The maximum Gasteiger partial charge on any atom is 0.236 e. The van der Waals surface area contributed by atoms with E-state index in [0.717, 1.165) is 13.1 Å². The summed E-state index contributed by atoms with van der Waals surface area (Å²) >= 11 is 0. The SMILES string of the molecule is CNCCC(=O)N1CCN(C(=O)CN2CCOCC2)CC1. The average molecular weight is 298 g/mol. The molecule has 0 spiro atoms. The number of hydrogen-bond acceptors (Lipinski definition) is 5.